The Balaban J connectivity index is 1.52. The van der Waals surface area contributed by atoms with Crippen molar-refractivity contribution in [3.63, 3.8) is 0 Å². The molecule has 0 unspecified atom stereocenters. The standard InChI is InChI=1S/C23H25FN2O/c1-16(27)26-15-19-5-2-3-8-22(19)23(26)12-11-21-10-9-18(14-25-21)17-6-4-7-20(24)13-17/h4,6-7,9-14,19,22-23H,2-3,5,8,15H2,1H3/b12-11+/t19-,22+,23+/m1/s1. The van der Waals surface area contributed by atoms with E-state index in [1.54, 1.807) is 19.2 Å². The molecular formula is C23H25FN2O. The molecule has 1 aromatic heterocycles. The lowest BCUT2D eigenvalue weighted by Crippen LogP contribution is -2.35. The second-order valence-electron chi connectivity index (χ2n) is 7.71. The van der Waals surface area contributed by atoms with Crippen molar-refractivity contribution in [3.8, 4) is 11.1 Å². The van der Waals surface area contributed by atoms with E-state index in [9.17, 15) is 9.18 Å². The number of carbonyl (C=O) groups excluding carboxylic acids is 1. The number of hydrogen-bond acceptors (Lipinski definition) is 2. The molecule has 2 aromatic rings. The smallest absolute Gasteiger partial charge is 0.219 e. The maximum atomic E-state index is 13.4. The molecule has 3 atom stereocenters. The summed E-state index contributed by atoms with van der Waals surface area (Å²) in [5.41, 5.74) is 2.57. The third-order valence-electron chi connectivity index (χ3n) is 6.01. The minimum Gasteiger partial charge on any atom is -0.336 e. The maximum Gasteiger partial charge on any atom is 0.219 e. The molecule has 1 aliphatic heterocycles. The molecule has 0 N–H and O–H groups in total. The summed E-state index contributed by atoms with van der Waals surface area (Å²) in [5, 5.41) is 0. The number of fused-ring (bicyclic) bond motifs is 1. The summed E-state index contributed by atoms with van der Waals surface area (Å²) < 4.78 is 13.4. The highest BCUT2D eigenvalue weighted by atomic mass is 19.1. The van der Waals surface area contributed by atoms with Gasteiger partial charge in [-0.1, -0.05) is 37.1 Å². The largest absolute Gasteiger partial charge is 0.336 e. The Hall–Kier alpha value is -2.49. The molecule has 0 radical (unpaired) electrons. The van der Waals surface area contributed by atoms with Crippen LogP contribution in [-0.2, 0) is 4.79 Å². The number of aromatic nitrogens is 1. The van der Waals surface area contributed by atoms with Gasteiger partial charge in [0.15, 0.2) is 0 Å². The van der Waals surface area contributed by atoms with E-state index in [0.717, 1.165) is 23.4 Å². The number of benzene rings is 1. The molecule has 2 fully saturated rings. The Bertz CT molecular complexity index is 846. The Morgan fingerprint density at radius 1 is 1.19 bits per heavy atom. The fourth-order valence-electron chi connectivity index (χ4n) is 4.64. The Morgan fingerprint density at radius 2 is 2.04 bits per heavy atom. The summed E-state index contributed by atoms with van der Waals surface area (Å²) in [6.07, 6.45) is 10.9. The molecule has 1 saturated heterocycles. The summed E-state index contributed by atoms with van der Waals surface area (Å²) in [5.74, 6) is 1.13. The summed E-state index contributed by atoms with van der Waals surface area (Å²) in [6, 6.07) is 10.6. The molecule has 140 valence electrons. The molecule has 0 bridgehead atoms. The van der Waals surface area contributed by atoms with E-state index in [0.29, 0.717) is 11.8 Å². The highest BCUT2D eigenvalue weighted by Gasteiger charge is 2.42. The third-order valence-corrected chi connectivity index (χ3v) is 6.01. The van der Waals surface area contributed by atoms with Gasteiger partial charge in [-0.3, -0.25) is 9.78 Å². The zero-order chi connectivity index (χ0) is 18.8. The number of carbonyl (C=O) groups is 1. The van der Waals surface area contributed by atoms with Crippen LogP contribution in [0.5, 0.6) is 0 Å². The summed E-state index contributed by atoms with van der Waals surface area (Å²) in [4.78, 5) is 18.6. The zero-order valence-corrected chi connectivity index (χ0v) is 15.6. The minimum atomic E-state index is -0.246. The quantitative estimate of drug-likeness (QED) is 0.773. The van der Waals surface area contributed by atoms with Crippen molar-refractivity contribution >= 4 is 12.0 Å². The van der Waals surface area contributed by atoms with Gasteiger partial charge in [0.1, 0.15) is 5.82 Å². The van der Waals surface area contributed by atoms with Crippen molar-refractivity contribution in [3.05, 3.63) is 60.2 Å². The fourth-order valence-corrected chi connectivity index (χ4v) is 4.64. The Kier molecular flexibility index (Phi) is 5.06. The SMILES string of the molecule is CC(=O)N1C[C@H]2CCCC[C@@H]2[C@@H]1/C=C/c1ccc(-c2cccc(F)c2)cn1. The highest BCUT2D eigenvalue weighted by Crippen LogP contribution is 2.41. The van der Waals surface area contributed by atoms with Crippen LogP contribution in [0.4, 0.5) is 4.39 Å². The molecule has 1 saturated carbocycles. The van der Waals surface area contributed by atoms with Crippen molar-refractivity contribution in [2.24, 2.45) is 11.8 Å². The first-order valence-corrected chi connectivity index (χ1v) is 9.79. The maximum absolute atomic E-state index is 13.4. The van der Waals surface area contributed by atoms with Crippen molar-refractivity contribution in [2.45, 2.75) is 38.6 Å². The molecule has 0 spiro atoms. The number of pyridine rings is 1. The van der Waals surface area contributed by atoms with Gasteiger partial charge < -0.3 is 4.90 Å². The van der Waals surface area contributed by atoms with Gasteiger partial charge >= 0.3 is 0 Å². The molecule has 3 nitrogen and oxygen atoms in total. The Labute approximate surface area is 159 Å². The van der Waals surface area contributed by atoms with Crippen molar-refractivity contribution in [1.82, 2.24) is 9.88 Å². The zero-order valence-electron chi connectivity index (χ0n) is 15.6. The molecule has 27 heavy (non-hydrogen) atoms. The second kappa shape index (κ2) is 7.63. The second-order valence-corrected chi connectivity index (χ2v) is 7.71. The summed E-state index contributed by atoms with van der Waals surface area (Å²) in [7, 11) is 0. The lowest BCUT2D eigenvalue weighted by Gasteiger charge is -2.28. The number of nitrogens with zero attached hydrogens (tertiary/aromatic N) is 2. The van der Waals surface area contributed by atoms with E-state index >= 15 is 0 Å². The molecule has 1 aromatic carbocycles. The molecule has 2 aliphatic rings. The summed E-state index contributed by atoms with van der Waals surface area (Å²) in [6.45, 7) is 2.56. The number of amides is 1. The van der Waals surface area contributed by atoms with E-state index in [1.807, 2.05) is 29.2 Å². The molecular weight excluding hydrogens is 339 g/mol. The number of halogens is 1. The molecule has 1 aliphatic carbocycles. The van der Waals surface area contributed by atoms with Gasteiger partial charge in [0, 0.05) is 25.2 Å². The van der Waals surface area contributed by atoms with Crippen LogP contribution >= 0.6 is 0 Å². The Morgan fingerprint density at radius 3 is 2.78 bits per heavy atom. The number of likely N-dealkylation sites (tertiary alicyclic amines) is 1. The molecule has 2 heterocycles. The van der Waals surface area contributed by atoms with Gasteiger partial charge in [0.2, 0.25) is 5.91 Å². The van der Waals surface area contributed by atoms with Crippen LogP contribution in [0, 0.1) is 17.7 Å². The lowest BCUT2D eigenvalue weighted by molar-refractivity contribution is -0.129. The average molecular weight is 364 g/mol. The van der Waals surface area contributed by atoms with E-state index in [2.05, 4.69) is 11.1 Å². The number of hydrogen-bond donors (Lipinski definition) is 0. The van der Waals surface area contributed by atoms with E-state index in [-0.39, 0.29) is 17.8 Å². The highest BCUT2D eigenvalue weighted by molar-refractivity contribution is 5.74. The van der Waals surface area contributed by atoms with Crippen LogP contribution in [0.15, 0.2) is 48.7 Å². The normalized spacial score (nSPS) is 25.0. The van der Waals surface area contributed by atoms with Crippen LogP contribution in [0.2, 0.25) is 0 Å². The van der Waals surface area contributed by atoms with Gasteiger partial charge in [0.25, 0.3) is 0 Å². The minimum absolute atomic E-state index is 0.161. The predicted octanol–water partition coefficient (Wildman–Crippen LogP) is 4.94. The van der Waals surface area contributed by atoms with Crippen LogP contribution in [0.3, 0.4) is 0 Å². The molecule has 1 amide bonds. The average Bonchev–Trinajstić information content (AvgIpc) is 3.06. The fraction of sp³-hybridized carbons (Fsp3) is 0.391. The van der Waals surface area contributed by atoms with E-state index < -0.39 is 0 Å². The topological polar surface area (TPSA) is 33.2 Å². The van der Waals surface area contributed by atoms with Crippen LogP contribution in [0.25, 0.3) is 17.2 Å². The predicted molar refractivity (Wildman–Crippen MR) is 105 cm³/mol. The van der Waals surface area contributed by atoms with Gasteiger partial charge in [-0.25, -0.2) is 4.39 Å². The van der Waals surface area contributed by atoms with Crippen LogP contribution in [-0.4, -0.2) is 28.4 Å². The molecule has 4 heteroatoms. The number of rotatable bonds is 3. The molecule has 4 rings (SSSR count). The first kappa shape index (κ1) is 17.9. The summed E-state index contributed by atoms with van der Waals surface area (Å²) >= 11 is 0. The van der Waals surface area contributed by atoms with Gasteiger partial charge in [0.05, 0.1) is 11.7 Å². The first-order chi connectivity index (χ1) is 13.1. The van der Waals surface area contributed by atoms with Crippen LogP contribution in [0.1, 0.15) is 38.3 Å². The van der Waals surface area contributed by atoms with Crippen molar-refractivity contribution in [1.29, 1.82) is 0 Å². The third kappa shape index (κ3) is 3.80. The van der Waals surface area contributed by atoms with Gasteiger partial charge in [-0.15, -0.1) is 0 Å². The van der Waals surface area contributed by atoms with E-state index in [4.69, 9.17) is 0 Å². The van der Waals surface area contributed by atoms with Gasteiger partial charge in [-0.05, 0) is 54.5 Å². The monoisotopic (exact) mass is 364 g/mol. The van der Waals surface area contributed by atoms with Crippen LogP contribution < -0.4 is 0 Å². The van der Waals surface area contributed by atoms with E-state index in [1.165, 1.54) is 37.8 Å². The van der Waals surface area contributed by atoms with Gasteiger partial charge in [-0.2, -0.15) is 0 Å². The van der Waals surface area contributed by atoms with Crippen molar-refractivity contribution in [2.75, 3.05) is 6.54 Å². The lowest BCUT2D eigenvalue weighted by atomic mass is 9.78. The first-order valence-electron chi connectivity index (χ1n) is 9.79. The van der Waals surface area contributed by atoms with Crippen molar-refractivity contribution < 1.29 is 9.18 Å².